The van der Waals surface area contributed by atoms with Gasteiger partial charge in [-0.2, -0.15) is 11.8 Å². The molecule has 0 atom stereocenters. The van der Waals surface area contributed by atoms with Crippen molar-refractivity contribution in [2.45, 2.75) is 31.4 Å². The molecule has 1 nitrogen and oxygen atoms in total. The van der Waals surface area contributed by atoms with E-state index in [4.69, 9.17) is 11.6 Å². The number of halogens is 1. The standard InChI is InChI=1S/C12H19ClOSSi/c1-16(2,3)7-6-15-9-10-8-11(14)4-5-12(10)13/h4-5,8,14H,6-7,9H2,1-3H3. The topological polar surface area (TPSA) is 20.2 Å². The van der Waals surface area contributed by atoms with Gasteiger partial charge < -0.3 is 5.11 Å². The largest absolute Gasteiger partial charge is 0.508 e. The number of phenolic OH excluding ortho intramolecular Hbond substituents is 1. The van der Waals surface area contributed by atoms with Gasteiger partial charge in [-0.05, 0) is 35.6 Å². The van der Waals surface area contributed by atoms with E-state index in [-0.39, 0.29) is 0 Å². The van der Waals surface area contributed by atoms with E-state index >= 15 is 0 Å². The Bertz CT molecular complexity index is 349. The molecular formula is C12H19ClOSSi. The first-order chi connectivity index (χ1) is 7.38. The van der Waals surface area contributed by atoms with Gasteiger partial charge in [0.15, 0.2) is 0 Å². The molecule has 0 aliphatic carbocycles. The summed E-state index contributed by atoms with van der Waals surface area (Å²) in [6.45, 7) is 7.15. The van der Waals surface area contributed by atoms with Crippen molar-refractivity contribution in [2.24, 2.45) is 0 Å². The molecule has 0 unspecified atom stereocenters. The number of thioether (sulfide) groups is 1. The van der Waals surface area contributed by atoms with Crippen molar-refractivity contribution in [3.63, 3.8) is 0 Å². The van der Waals surface area contributed by atoms with Crippen molar-refractivity contribution in [3.05, 3.63) is 28.8 Å². The first kappa shape index (κ1) is 13.9. The van der Waals surface area contributed by atoms with Crippen molar-refractivity contribution in [2.75, 3.05) is 5.75 Å². The van der Waals surface area contributed by atoms with Crippen LogP contribution >= 0.6 is 23.4 Å². The minimum Gasteiger partial charge on any atom is -0.508 e. The van der Waals surface area contributed by atoms with Crippen molar-refractivity contribution >= 4 is 31.4 Å². The summed E-state index contributed by atoms with van der Waals surface area (Å²) >= 11 is 7.94. The molecule has 90 valence electrons. The minimum absolute atomic E-state index is 0.296. The predicted molar refractivity (Wildman–Crippen MR) is 77.4 cm³/mol. The predicted octanol–water partition coefficient (Wildman–Crippen LogP) is 4.62. The Morgan fingerprint density at radius 1 is 1.31 bits per heavy atom. The smallest absolute Gasteiger partial charge is 0.115 e. The van der Waals surface area contributed by atoms with Crippen LogP contribution in [0.1, 0.15) is 5.56 Å². The molecule has 0 saturated carbocycles. The maximum absolute atomic E-state index is 9.36. The van der Waals surface area contributed by atoms with Crippen LogP contribution in [0.15, 0.2) is 18.2 Å². The van der Waals surface area contributed by atoms with E-state index in [1.807, 2.05) is 11.8 Å². The third kappa shape index (κ3) is 5.28. The Labute approximate surface area is 108 Å². The molecule has 0 saturated heterocycles. The van der Waals surface area contributed by atoms with Crippen LogP contribution in [-0.4, -0.2) is 18.9 Å². The van der Waals surface area contributed by atoms with Crippen LogP contribution in [0, 0.1) is 0 Å². The van der Waals surface area contributed by atoms with Gasteiger partial charge in [0.2, 0.25) is 0 Å². The Kier molecular flexibility index (Phi) is 5.22. The number of hydrogen-bond donors (Lipinski definition) is 1. The van der Waals surface area contributed by atoms with Gasteiger partial charge in [0.1, 0.15) is 5.75 Å². The first-order valence-corrected chi connectivity index (χ1v) is 10.7. The van der Waals surface area contributed by atoms with Gasteiger partial charge >= 0.3 is 0 Å². The van der Waals surface area contributed by atoms with Crippen LogP contribution < -0.4 is 0 Å². The number of benzene rings is 1. The Morgan fingerprint density at radius 2 is 2.00 bits per heavy atom. The van der Waals surface area contributed by atoms with Crippen LogP contribution in [0.4, 0.5) is 0 Å². The first-order valence-electron chi connectivity index (χ1n) is 5.44. The number of rotatable bonds is 5. The minimum atomic E-state index is -0.923. The Hall–Kier alpha value is -0.123. The maximum Gasteiger partial charge on any atom is 0.115 e. The number of phenols is 1. The maximum atomic E-state index is 9.36. The average Bonchev–Trinajstić information content (AvgIpc) is 2.16. The summed E-state index contributed by atoms with van der Waals surface area (Å²) in [6, 6.07) is 6.46. The van der Waals surface area contributed by atoms with Crippen molar-refractivity contribution in [1.82, 2.24) is 0 Å². The van der Waals surface area contributed by atoms with E-state index in [1.165, 1.54) is 11.8 Å². The highest BCUT2D eigenvalue weighted by molar-refractivity contribution is 7.98. The van der Waals surface area contributed by atoms with Gasteiger partial charge in [-0.15, -0.1) is 0 Å². The Morgan fingerprint density at radius 3 is 2.62 bits per heavy atom. The molecule has 0 aliphatic rings. The van der Waals surface area contributed by atoms with E-state index in [0.717, 1.165) is 16.3 Å². The van der Waals surface area contributed by atoms with E-state index in [2.05, 4.69) is 19.6 Å². The summed E-state index contributed by atoms with van der Waals surface area (Å²) in [5.74, 6) is 2.37. The molecule has 0 fully saturated rings. The lowest BCUT2D eigenvalue weighted by molar-refractivity contribution is 0.475. The summed E-state index contributed by atoms with van der Waals surface area (Å²) in [5.41, 5.74) is 1.03. The highest BCUT2D eigenvalue weighted by Gasteiger charge is 2.12. The van der Waals surface area contributed by atoms with E-state index in [0.29, 0.717) is 5.75 Å². The highest BCUT2D eigenvalue weighted by Crippen LogP contribution is 2.26. The molecule has 0 aromatic heterocycles. The fourth-order valence-electron chi connectivity index (χ4n) is 1.23. The quantitative estimate of drug-likeness (QED) is 0.625. The Balaban J connectivity index is 2.40. The molecule has 1 aromatic rings. The third-order valence-corrected chi connectivity index (χ3v) is 5.77. The summed E-state index contributed by atoms with van der Waals surface area (Å²) in [4.78, 5) is 0. The molecule has 0 radical (unpaired) electrons. The van der Waals surface area contributed by atoms with Gasteiger partial charge in [0, 0.05) is 18.8 Å². The number of aromatic hydroxyl groups is 1. The van der Waals surface area contributed by atoms with Crippen molar-refractivity contribution in [3.8, 4) is 5.75 Å². The molecule has 0 heterocycles. The van der Waals surface area contributed by atoms with Gasteiger partial charge in [-0.3, -0.25) is 0 Å². The molecule has 16 heavy (non-hydrogen) atoms. The summed E-state index contributed by atoms with van der Waals surface area (Å²) in [7, 11) is -0.923. The monoisotopic (exact) mass is 274 g/mol. The average molecular weight is 275 g/mol. The summed E-state index contributed by atoms with van der Waals surface area (Å²) < 4.78 is 0. The van der Waals surface area contributed by atoms with E-state index in [1.54, 1.807) is 18.2 Å². The fourth-order valence-corrected chi connectivity index (χ4v) is 5.13. The molecule has 4 heteroatoms. The second kappa shape index (κ2) is 5.99. The van der Waals surface area contributed by atoms with Crippen LogP contribution in [0.25, 0.3) is 0 Å². The van der Waals surface area contributed by atoms with Crippen LogP contribution in [-0.2, 0) is 5.75 Å². The van der Waals surface area contributed by atoms with E-state index < -0.39 is 8.07 Å². The second-order valence-corrected chi connectivity index (χ2v) is 12.3. The fraction of sp³-hybridized carbons (Fsp3) is 0.500. The third-order valence-electron chi connectivity index (χ3n) is 2.28. The van der Waals surface area contributed by atoms with Crippen molar-refractivity contribution in [1.29, 1.82) is 0 Å². The molecule has 0 bridgehead atoms. The molecule has 0 amide bonds. The zero-order chi connectivity index (χ0) is 12.2. The van der Waals surface area contributed by atoms with Gasteiger partial charge in [0.05, 0.1) is 0 Å². The van der Waals surface area contributed by atoms with Gasteiger partial charge in [0.25, 0.3) is 0 Å². The lowest BCUT2D eigenvalue weighted by atomic mass is 10.2. The van der Waals surface area contributed by atoms with Crippen LogP contribution in [0.3, 0.4) is 0 Å². The summed E-state index contributed by atoms with van der Waals surface area (Å²) in [5, 5.41) is 10.1. The molecule has 1 N–H and O–H groups in total. The number of hydrogen-bond acceptors (Lipinski definition) is 2. The molecule has 0 aliphatic heterocycles. The van der Waals surface area contributed by atoms with Crippen LogP contribution in [0.2, 0.25) is 30.7 Å². The molecule has 0 spiro atoms. The highest BCUT2D eigenvalue weighted by atomic mass is 35.5. The van der Waals surface area contributed by atoms with Crippen LogP contribution in [0.5, 0.6) is 5.75 Å². The lowest BCUT2D eigenvalue weighted by Gasteiger charge is -2.15. The van der Waals surface area contributed by atoms with Gasteiger partial charge in [-0.1, -0.05) is 31.2 Å². The SMILES string of the molecule is C[Si](C)(C)CCSCc1cc(O)ccc1Cl. The normalized spacial score (nSPS) is 11.8. The zero-order valence-electron chi connectivity index (χ0n) is 10.1. The van der Waals surface area contributed by atoms with Gasteiger partial charge in [-0.25, -0.2) is 0 Å². The summed E-state index contributed by atoms with van der Waals surface area (Å²) in [6.07, 6.45) is 0. The van der Waals surface area contributed by atoms with Crippen molar-refractivity contribution < 1.29 is 5.11 Å². The molecule has 1 rings (SSSR count). The second-order valence-electron chi connectivity index (χ2n) is 5.14. The lowest BCUT2D eigenvalue weighted by Crippen LogP contribution is -2.19. The van der Waals surface area contributed by atoms with E-state index in [9.17, 15) is 5.11 Å². The molecular weight excluding hydrogens is 256 g/mol. The zero-order valence-corrected chi connectivity index (χ0v) is 12.7. The molecule has 1 aromatic carbocycles.